The Hall–Kier alpha value is -0.303. The molecule has 1 atom stereocenters. The van der Waals surface area contributed by atoms with Crippen LogP contribution in [0.1, 0.15) is 6.92 Å². The topological polar surface area (TPSA) is 18.5 Å². The van der Waals surface area contributed by atoms with Crippen molar-refractivity contribution < 1.29 is 9.47 Å². The molecule has 0 aliphatic rings. The lowest BCUT2D eigenvalue weighted by Gasteiger charge is -2.15. The van der Waals surface area contributed by atoms with E-state index in [1.165, 1.54) is 6.04 Å². The van der Waals surface area contributed by atoms with E-state index in [4.69, 9.17) is 15.9 Å². The van der Waals surface area contributed by atoms with Crippen LogP contribution in [0.25, 0.3) is 0 Å². The summed E-state index contributed by atoms with van der Waals surface area (Å²) in [7, 11) is -0.959. The highest BCUT2D eigenvalue weighted by molar-refractivity contribution is 6.76. The maximum Gasteiger partial charge on any atom is 0.146 e. The second-order valence-corrected chi connectivity index (χ2v) is 10.4. The number of rotatable bonds is 7. The van der Waals surface area contributed by atoms with Crippen LogP contribution in [0.5, 0.6) is 0 Å². The fourth-order valence-electron chi connectivity index (χ4n) is 0.769. The molecule has 82 valence electrons. The van der Waals surface area contributed by atoms with E-state index in [-0.39, 0.29) is 5.92 Å². The summed E-state index contributed by atoms with van der Waals surface area (Å²) in [6, 6.07) is 1.18. The highest BCUT2D eigenvalue weighted by Gasteiger charge is 2.11. The first kappa shape index (κ1) is 13.7. The first-order valence-electron chi connectivity index (χ1n) is 5.07. The zero-order chi connectivity index (χ0) is 11.0. The van der Waals surface area contributed by atoms with E-state index in [0.717, 1.165) is 6.61 Å². The van der Waals surface area contributed by atoms with Gasteiger partial charge in [-0.15, -0.1) is 12.3 Å². The van der Waals surface area contributed by atoms with E-state index in [1.807, 2.05) is 6.92 Å². The van der Waals surface area contributed by atoms with Crippen molar-refractivity contribution in [2.45, 2.75) is 32.6 Å². The van der Waals surface area contributed by atoms with E-state index in [1.54, 1.807) is 0 Å². The zero-order valence-electron chi connectivity index (χ0n) is 9.80. The summed E-state index contributed by atoms with van der Waals surface area (Å²) in [5.41, 5.74) is 0. The van der Waals surface area contributed by atoms with Crippen molar-refractivity contribution in [2.75, 3.05) is 20.0 Å². The molecule has 0 fully saturated rings. The molecule has 0 saturated heterocycles. The number of terminal acetylenes is 1. The van der Waals surface area contributed by atoms with Crippen LogP contribution in [-0.2, 0) is 9.47 Å². The Labute approximate surface area is 89.0 Å². The monoisotopic (exact) mass is 214 g/mol. The number of hydrogen-bond acceptors (Lipinski definition) is 2. The first-order chi connectivity index (χ1) is 6.45. The van der Waals surface area contributed by atoms with Crippen molar-refractivity contribution in [3.05, 3.63) is 0 Å². The van der Waals surface area contributed by atoms with Crippen molar-refractivity contribution in [1.29, 1.82) is 0 Å². The third kappa shape index (κ3) is 9.78. The van der Waals surface area contributed by atoms with Crippen LogP contribution in [0, 0.1) is 18.3 Å². The van der Waals surface area contributed by atoms with Crippen molar-refractivity contribution >= 4 is 8.07 Å². The Balaban J connectivity index is 3.20. The summed E-state index contributed by atoms with van der Waals surface area (Å²) in [4.78, 5) is 0. The minimum Gasteiger partial charge on any atom is -0.356 e. The van der Waals surface area contributed by atoms with Gasteiger partial charge >= 0.3 is 0 Å². The lowest BCUT2D eigenvalue weighted by Crippen LogP contribution is -2.22. The van der Waals surface area contributed by atoms with Crippen LogP contribution in [0.15, 0.2) is 0 Å². The average Bonchev–Trinajstić information content (AvgIpc) is 2.08. The Bertz CT molecular complexity index is 179. The number of hydrogen-bond donors (Lipinski definition) is 0. The van der Waals surface area contributed by atoms with Gasteiger partial charge in [-0.1, -0.05) is 19.6 Å². The van der Waals surface area contributed by atoms with Crippen LogP contribution in [0.2, 0.25) is 25.7 Å². The van der Waals surface area contributed by atoms with Crippen molar-refractivity contribution in [3.63, 3.8) is 0 Å². The van der Waals surface area contributed by atoms with Crippen LogP contribution in [0.4, 0.5) is 0 Å². The van der Waals surface area contributed by atoms with E-state index in [0.29, 0.717) is 13.4 Å². The highest BCUT2D eigenvalue weighted by Crippen LogP contribution is 2.07. The minimum absolute atomic E-state index is 0.176. The lowest BCUT2D eigenvalue weighted by atomic mass is 10.2. The molecule has 0 aromatic heterocycles. The van der Waals surface area contributed by atoms with E-state index in [9.17, 15) is 0 Å². The maximum atomic E-state index is 5.35. The normalized spacial score (nSPS) is 13.6. The summed E-state index contributed by atoms with van der Waals surface area (Å²) in [6.07, 6.45) is 5.20. The van der Waals surface area contributed by atoms with E-state index in [2.05, 4.69) is 25.6 Å². The summed E-state index contributed by atoms with van der Waals surface area (Å²) in [6.45, 7) is 10.7. The van der Waals surface area contributed by atoms with Gasteiger partial charge < -0.3 is 9.47 Å². The largest absolute Gasteiger partial charge is 0.356 e. The Morgan fingerprint density at radius 3 is 2.43 bits per heavy atom. The lowest BCUT2D eigenvalue weighted by molar-refractivity contribution is -0.0545. The third-order valence-electron chi connectivity index (χ3n) is 1.82. The summed E-state index contributed by atoms with van der Waals surface area (Å²) in [5.74, 6) is 2.78. The van der Waals surface area contributed by atoms with Crippen molar-refractivity contribution in [2.24, 2.45) is 5.92 Å². The molecule has 14 heavy (non-hydrogen) atoms. The van der Waals surface area contributed by atoms with Gasteiger partial charge in [-0.05, 0) is 13.0 Å². The molecule has 0 aromatic carbocycles. The molecule has 0 heterocycles. The smallest absolute Gasteiger partial charge is 0.146 e. The molecule has 3 heteroatoms. The molecule has 0 spiro atoms. The van der Waals surface area contributed by atoms with Gasteiger partial charge in [0.1, 0.15) is 6.79 Å². The van der Waals surface area contributed by atoms with Crippen molar-refractivity contribution in [1.82, 2.24) is 0 Å². The third-order valence-corrected chi connectivity index (χ3v) is 3.52. The van der Waals surface area contributed by atoms with Gasteiger partial charge in [-0.3, -0.25) is 0 Å². The van der Waals surface area contributed by atoms with E-state index >= 15 is 0 Å². The zero-order valence-corrected chi connectivity index (χ0v) is 10.8. The summed E-state index contributed by atoms with van der Waals surface area (Å²) < 4.78 is 10.6. The van der Waals surface area contributed by atoms with Crippen LogP contribution in [-0.4, -0.2) is 28.1 Å². The molecular formula is C11H22O2Si. The predicted octanol–water partition coefficient (Wildman–Crippen LogP) is 2.58. The quantitative estimate of drug-likeness (QED) is 0.281. The van der Waals surface area contributed by atoms with Gasteiger partial charge in [0.05, 0.1) is 6.61 Å². The predicted molar refractivity (Wildman–Crippen MR) is 62.9 cm³/mol. The van der Waals surface area contributed by atoms with Crippen LogP contribution in [0.3, 0.4) is 0 Å². The van der Waals surface area contributed by atoms with Gasteiger partial charge in [-0.2, -0.15) is 0 Å². The van der Waals surface area contributed by atoms with Gasteiger partial charge in [-0.25, -0.2) is 0 Å². The second kappa shape index (κ2) is 7.05. The molecular weight excluding hydrogens is 192 g/mol. The molecule has 0 aromatic rings. The molecule has 0 saturated carbocycles. The second-order valence-electron chi connectivity index (χ2n) is 4.78. The fraction of sp³-hybridized carbons (Fsp3) is 0.818. The highest BCUT2D eigenvalue weighted by atomic mass is 28.3. The summed E-state index contributed by atoms with van der Waals surface area (Å²) in [5, 5.41) is 0. The van der Waals surface area contributed by atoms with Gasteiger partial charge in [0.15, 0.2) is 0 Å². The Kier molecular flexibility index (Phi) is 6.90. The van der Waals surface area contributed by atoms with E-state index < -0.39 is 8.07 Å². The Morgan fingerprint density at radius 2 is 1.93 bits per heavy atom. The molecule has 0 N–H and O–H groups in total. The minimum atomic E-state index is -0.959. The first-order valence-corrected chi connectivity index (χ1v) is 8.78. The van der Waals surface area contributed by atoms with Gasteiger partial charge in [0, 0.05) is 20.6 Å². The molecule has 0 radical (unpaired) electrons. The molecule has 0 unspecified atom stereocenters. The van der Waals surface area contributed by atoms with Crippen molar-refractivity contribution in [3.8, 4) is 12.3 Å². The van der Waals surface area contributed by atoms with Gasteiger partial charge in [0.25, 0.3) is 0 Å². The van der Waals surface area contributed by atoms with Crippen LogP contribution >= 0.6 is 0 Å². The Morgan fingerprint density at radius 1 is 1.29 bits per heavy atom. The molecule has 0 aliphatic carbocycles. The molecule has 2 nitrogen and oxygen atoms in total. The van der Waals surface area contributed by atoms with Gasteiger partial charge in [0.2, 0.25) is 0 Å². The standard InChI is InChI=1S/C11H22O2Si/c1-6-11(2)9-13-10-12-7-8-14(3,4)5/h1,11H,7-10H2,2-5H3/t11-/m0/s1. The molecule has 0 bridgehead atoms. The number of ether oxygens (including phenoxy) is 2. The average molecular weight is 214 g/mol. The summed E-state index contributed by atoms with van der Waals surface area (Å²) >= 11 is 0. The maximum absolute atomic E-state index is 5.35. The molecule has 0 aliphatic heterocycles. The molecule has 0 rings (SSSR count). The van der Waals surface area contributed by atoms with Crippen LogP contribution < -0.4 is 0 Å². The fourth-order valence-corrected chi connectivity index (χ4v) is 1.53. The SMILES string of the molecule is C#C[C@H](C)COCOCC[Si](C)(C)C. The molecule has 0 amide bonds.